The number of fused-ring (bicyclic) bond motifs is 1. The summed E-state index contributed by atoms with van der Waals surface area (Å²) >= 11 is 3.41. The van der Waals surface area contributed by atoms with Gasteiger partial charge in [-0.3, -0.25) is 14.4 Å². The van der Waals surface area contributed by atoms with Crippen molar-refractivity contribution in [3.05, 3.63) is 40.9 Å². The summed E-state index contributed by atoms with van der Waals surface area (Å²) in [4.78, 5) is 42.8. The lowest BCUT2D eigenvalue weighted by Gasteiger charge is -2.34. The number of ether oxygens (including phenoxy) is 1. The molecule has 3 amide bonds. The standard InChI is InChI=1S/C28H36BrN3O4/c1-2-3-4-8-17-32-24(26(34)31-19-9-6-5-7-10-19)28-16-15-21(36-28)22(23(28)27(32)35)25(33)30-20-13-11-18(29)12-14-20/h11-16,19,21-24H,2-10,17H2,1H3,(H,30,33)(H,31,34)/t21-,22+,23-,24+,28+/m1/s1. The predicted octanol–water partition coefficient (Wildman–Crippen LogP) is 4.57. The van der Waals surface area contributed by atoms with E-state index in [1.54, 1.807) is 4.90 Å². The average molecular weight is 559 g/mol. The van der Waals surface area contributed by atoms with Gasteiger partial charge in [-0.2, -0.15) is 0 Å². The number of hydrogen-bond donors (Lipinski definition) is 2. The van der Waals surface area contributed by atoms with Crippen molar-refractivity contribution in [2.75, 3.05) is 11.9 Å². The van der Waals surface area contributed by atoms with E-state index in [-0.39, 0.29) is 23.8 Å². The van der Waals surface area contributed by atoms with E-state index in [4.69, 9.17) is 4.74 Å². The number of amides is 3. The molecule has 8 heteroatoms. The molecule has 2 saturated heterocycles. The number of halogens is 1. The topological polar surface area (TPSA) is 87.7 Å². The Hall–Kier alpha value is -2.19. The van der Waals surface area contributed by atoms with Gasteiger partial charge in [0.1, 0.15) is 11.6 Å². The van der Waals surface area contributed by atoms with E-state index in [2.05, 4.69) is 33.5 Å². The summed E-state index contributed by atoms with van der Waals surface area (Å²) < 4.78 is 7.34. The number of likely N-dealkylation sites (tertiary alicyclic amines) is 1. The van der Waals surface area contributed by atoms with Crippen LogP contribution in [0.2, 0.25) is 0 Å². The molecule has 1 aromatic rings. The van der Waals surface area contributed by atoms with Crippen LogP contribution in [0.3, 0.4) is 0 Å². The Morgan fingerprint density at radius 1 is 1.08 bits per heavy atom. The monoisotopic (exact) mass is 557 g/mol. The van der Waals surface area contributed by atoms with Gasteiger partial charge < -0.3 is 20.3 Å². The number of rotatable bonds is 9. The molecule has 2 N–H and O–H groups in total. The highest BCUT2D eigenvalue weighted by atomic mass is 79.9. The summed E-state index contributed by atoms with van der Waals surface area (Å²) in [7, 11) is 0. The van der Waals surface area contributed by atoms with E-state index in [9.17, 15) is 14.4 Å². The van der Waals surface area contributed by atoms with Crippen molar-refractivity contribution in [1.82, 2.24) is 10.2 Å². The molecule has 0 aromatic heterocycles. The SMILES string of the molecule is CCCCCCN1C(=O)[C@H]2[C@@H](C(=O)Nc3ccc(Br)cc3)[C@H]3C=C[C@@]2(O3)[C@@H]1C(=O)NC1CCCCC1. The Kier molecular flexibility index (Phi) is 7.54. The normalized spacial score (nSPS) is 31.1. The number of anilines is 1. The first-order valence-corrected chi connectivity index (χ1v) is 14.3. The van der Waals surface area contributed by atoms with Crippen LogP contribution in [0.1, 0.15) is 64.7 Å². The molecular formula is C28H36BrN3O4. The molecule has 36 heavy (non-hydrogen) atoms. The van der Waals surface area contributed by atoms with E-state index < -0.39 is 29.6 Å². The Labute approximate surface area is 221 Å². The molecule has 3 aliphatic heterocycles. The molecule has 1 aromatic carbocycles. The zero-order valence-corrected chi connectivity index (χ0v) is 22.5. The molecule has 0 radical (unpaired) electrons. The van der Waals surface area contributed by atoms with E-state index in [1.165, 1.54) is 6.42 Å². The third-order valence-corrected chi connectivity index (χ3v) is 8.77. The number of carbonyl (C=O) groups excluding carboxylic acids is 3. The highest BCUT2D eigenvalue weighted by Gasteiger charge is 2.72. The van der Waals surface area contributed by atoms with Crippen LogP contribution in [0.15, 0.2) is 40.9 Å². The van der Waals surface area contributed by atoms with Crippen molar-refractivity contribution in [2.45, 2.75) is 88.5 Å². The third-order valence-electron chi connectivity index (χ3n) is 8.24. The van der Waals surface area contributed by atoms with E-state index >= 15 is 0 Å². The molecule has 194 valence electrons. The fraction of sp³-hybridized carbons (Fsp3) is 0.607. The molecule has 0 unspecified atom stereocenters. The van der Waals surface area contributed by atoms with Gasteiger partial charge in [-0.05, 0) is 43.5 Å². The van der Waals surface area contributed by atoms with Crippen LogP contribution in [0.5, 0.6) is 0 Å². The van der Waals surface area contributed by atoms with Gasteiger partial charge in [0.2, 0.25) is 17.7 Å². The van der Waals surface area contributed by atoms with Crippen LogP contribution in [0.4, 0.5) is 5.69 Å². The maximum absolute atomic E-state index is 13.9. The summed E-state index contributed by atoms with van der Waals surface area (Å²) in [6.07, 6.45) is 12.6. The van der Waals surface area contributed by atoms with Crippen molar-refractivity contribution in [1.29, 1.82) is 0 Å². The van der Waals surface area contributed by atoms with Gasteiger partial charge in [0.25, 0.3) is 0 Å². The van der Waals surface area contributed by atoms with Gasteiger partial charge in [0.15, 0.2) is 0 Å². The lowest BCUT2D eigenvalue weighted by molar-refractivity contribution is -0.141. The summed E-state index contributed by atoms with van der Waals surface area (Å²) in [6.45, 7) is 2.65. The predicted molar refractivity (Wildman–Crippen MR) is 141 cm³/mol. The van der Waals surface area contributed by atoms with Crippen LogP contribution in [-0.2, 0) is 19.1 Å². The first-order chi connectivity index (χ1) is 17.4. The fourth-order valence-corrected chi connectivity index (χ4v) is 6.77. The minimum Gasteiger partial charge on any atom is -0.359 e. The van der Waals surface area contributed by atoms with Crippen molar-refractivity contribution in [2.24, 2.45) is 11.8 Å². The largest absolute Gasteiger partial charge is 0.359 e. The van der Waals surface area contributed by atoms with Crippen molar-refractivity contribution in [3.63, 3.8) is 0 Å². The molecule has 7 nitrogen and oxygen atoms in total. The molecule has 1 aliphatic carbocycles. The second-order valence-electron chi connectivity index (χ2n) is 10.6. The quantitative estimate of drug-likeness (QED) is 0.344. The molecule has 5 rings (SSSR count). The van der Waals surface area contributed by atoms with Gasteiger partial charge >= 0.3 is 0 Å². The molecule has 1 saturated carbocycles. The Morgan fingerprint density at radius 2 is 1.83 bits per heavy atom. The van der Waals surface area contributed by atoms with E-state index in [0.717, 1.165) is 55.8 Å². The van der Waals surface area contributed by atoms with Gasteiger partial charge in [-0.15, -0.1) is 0 Å². The highest BCUT2D eigenvalue weighted by Crippen LogP contribution is 2.55. The number of carbonyl (C=O) groups is 3. The maximum Gasteiger partial charge on any atom is 0.246 e. The van der Waals surface area contributed by atoms with Crippen molar-refractivity contribution < 1.29 is 19.1 Å². The molecule has 2 bridgehead atoms. The van der Waals surface area contributed by atoms with Crippen molar-refractivity contribution in [3.8, 4) is 0 Å². The van der Waals surface area contributed by atoms with Gasteiger partial charge in [-0.1, -0.05) is 73.5 Å². The highest BCUT2D eigenvalue weighted by molar-refractivity contribution is 9.10. The zero-order chi connectivity index (χ0) is 25.3. The summed E-state index contributed by atoms with van der Waals surface area (Å²) in [5.41, 5.74) is -0.426. The number of benzene rings is 1. The van der Waals surface area contributed by atoms with Crippen molar-refractivity contribution >= 4 is 39.3 Å². The van der Waals surface area contributed by atoms with Gasteiger partial charge in [0, 0.05) is 22.7 Å². The Bertz CT molecular complexity index is 1020. The first kappa shape index (κ1) is 25.5. The van der Waals surface area contributed by atoms with Crippen LogP contribution in [0, 0.1) is 11.8 Å². The second-order valence-corrected chi connectivity index (χ2v) is 11.5. The van der Waals surface area contributed by atoms with Gasteiger partial charge in [-0.25, -0.2) is 0 Å². The molecule has 3 heterocycles. The Balaban J connectivity index is 1.40. The molecule has 3 fully saturated rings. The molecule has 4 aliphatic rings. The lowest BCUT2D eigenvalue weighted by Crippen LogP contribution is -2.56. The molecule has 1 spiro atoms. The van der Waals surface area contributed by atoms with Crippen LogP contribution in [0.25, 0.3) is 0 Å². The zero-order valence-electron chi connectivity index (χ0n) is 20.9. The number of nitrogens with zero attached hydrogens (tertiary/aromatic N) is 1. The molecular weight excluding hydrogens is 522 g/mol. The number of unbranched alkanes of at least 4 members (excludes halogenated alkanes) is 3. The van der Waals surface area contributed by atoms with Crippen LogP contribution >= 0.6 is 15.9 Å². The summed E-state index contributed by atoms with van der Waals surface area (Å²) in [5.74, 6) is -1.90. The summed E-state index contributed by atoms with van der Waals surface area (Å²) in [6, 6.07) is 6.75. The van der Waals surface area contributed by atoms with Crippen LogP contribution < -0.4 is 10.6 Å². The number of nitrogens with one attached hydrogen (secondary N) is 2. The second kappa shape index (κ2) is 10.7. The molecule has 5 atom stereocenters. The third kappa shape index (κ3) is 4.62. The number of hydrogen-bond acceptors (Lipinski definition) is 4. The minimum atomic E-state index is -1.09. The van der Waals surface area contributed by atoms with Gasteiger partial charge in [0.05, 0.1) is 17.9 Å². The van der Waals surface area contributed by atoms with E-state index in [1.807, 2.05) is 36.4 Å². The van der Waals surface area contributed by atoms with E-state index in [0.29, 0.717) is 12.2 Å². The lowest BCUT2D eigenvalue weighted by atomic mass is 9.74. The first-order valence-electron chi connectivity index (χ1n) is 13.5. The maximum atomic E-state index is 13.9. The fourth-order valence-electron chi connectivity index (χ4n) is 6.50. The smallest absolute Gasteiger partial charge is 0.246 e. The Morgan fingerprint density at radius 3 is 2.56 bits per heavy atom. The average Bonchev–Trinajstić information content (AvgIpc) is 3.51. The van der Waals surface area contributed by atoms with Crippen LogP contribution in [-0.4, -0.2) is 53.0 Å². The summed E-state index contributed by atoms with van der Waals surface area (Å²) in [5, 5.41) is 6.21. The minimum absolute atomic E-state index is 0.137.